The molecule has 0 saturated carbocycles. The third kappa shape index (κ3) is 3.83. The highest BCUT2D eigenvalue weighted by atomic mass is 16.5. The summed E-state index contributed by atoms with van der Waals surface area (Å²) in [7, 11) is 0. The van der Waals surface area contributed by atoms with Gasteiger partial charge in [0, 0.05) is 28.7 Å². The molecule has 9 nitrogen and oxygen atoms in total. The van der Waals surface area contributed by atoms with Gasteiger partial charge in [-0.15, -0.1) is 0 Å². The lowest BCUT2D eigenvalue weighted by Gasteiger charge is -2.26. The summed E-state index contributed by atoms with van der Waals surface area (Å²) in [6.45, 7) is 2.18. The van der Waals surface area contributed by atoms with Crippen molar-refractivity contribution in [1.29, 1.82) is 0 Å². The number of rotatable bonds is 6. The van der Waals surface area contributed by atoms with Crippen molar-refractivity contribution >= 4 is 46.4 Å². The second-order valence-corrected chi connectivity index (χ2v) is 7.08. The topological polar surface area (TPSA) is 124 Å². The number of hydrogen-bond donors (Lipinski definition) is 2. The van der Waals surface area contributed by atoms with E-state index < -0.39 is 23.8 Å². The average molecular weight is 432 g/mol. The van der Waals surface area contributed by atoms with E-state index in [0.717, 1.165) is 15.8 Å². The lowest BCUT2D eigenvalue weighted by atomic mass is 10.1. The fourth-order valence-corrected chi connectivity index (χ4v) is 3.62. The number of carbonyl (C=O) groups excluding carboxylic acids is 4. The maximum absolute atomic E-state index is 13.2. The van der Waals surface area contributed by atoms with Crippen molar-refractivity contribution < 1.29 is 23.9 Å². The normalized spacial score (nSPS) is 15.3. The van der Waals surface area contributed by atoms with E-state index in [2.05, 4.69) is 5.32 Å². The van der Waals surface area contributed by atoms with Crippen molar-refractivity contribution in [3.05, 3.63) is 65.9 Å². The maximum Gasteiger partial charge on any atom is 0.335 e. The quantitative estimate of drug-likeness (QED) is 0.456. The first-order valence-corrected chi connectivity index (χ1v) is 9.89. The van der Waals surface area contributed by atoms with Crippen molar-refractivity contribution in [3.63, 3.8) is 0 Å². The van der Waals surface area contributed by atoms with Crippen molar-refractivity contribution in [2.24, 2.45) is 5.73 Å². The highest BCUT2D eigenvalue weighted by Gasteiger charge is 2.37. The molecule has 2 heterocycles. The summed E-state index contributed by atoms with van der Waals surface area (Å²) in [5.41, 5.74) is 6.65. The summed E-state index contributed by atoms with van der Waals surface area (Å²) >= 11 is 0. The number of ether oxygens (including phenoxy) is 1. The number of carbonyl (C=O) groups is 4. The predicted octanol–water partition coefficient (Wildman–Crippen LogP) is 2.19. The molecule has 0 aliphatic carbocycles. The second kappa shape index (κ2) is 8.38. The lowest BCUT2D eigenvalue weighted by Crippen LogP contribution is -2.54. The zero-order valence-corrected chi connectivity index (χ0v) is 17.2. The van der Waals surface area contributed by atoms with Crippen molar-refractivity contribution in [1.82, 2.24) is 9.88 Å². The fourth-order valence-electron chi connectivity index (χ4n) is 3.62. The maximum atomic E-state index is 13.2. The van der Waals surface area contributed by atoms with Crippen LogP contribution in [0.3, 0.4) is 0 Å². The SMILES string of the molecule is CCOc1cccc(N2C(=O)NC(=O)/C(=C\c3cn(CC(N)=O)c4ccccc34)C2=O)c1. The second-order valence-electron chi connectivity index (χ2n) is 7.08. The minimum atomic E-state index is -0.845. The van der Waals surface area contributed by atoms with Crippen LogP contribution >= 0.6 is 0 Å². The summed E-state index contributed by atoms with van der Waals surface area (Å²) < 4.78 is 7.08. The molecule has 3 N–H and O–H groups in total. The molecule has 9 heteroatoms. The number of primary amides is 1. The molecule has 1 aliphatic heterocycles. The van der Waals surface area contributed by atoms with Crippen LogP contribution in [0.5, 0.6) is 5.75 Å². The van der Waals surface area contributed by atoms with Crippen molar-refractivity contribution in [2.75, 3.05) is 11.5 Å². The van der Waals surface area contributed by atoms with Gasteiger partial charge in [-0.3, -0.25) is 19.7 Å². The van der Waals surface area contributed by atoms with Crippen LogP contribution in [0.1, 0.15) is 12.5 Å². The van der Waals surface area contributed by atoms with E-state index in [1.54, 1.807) is 59.3 Å². The number of barbiturate groups is 1. The molecule has 0 radical (unpaired) electrons. The Bertz CT molecular complexity index is 1290. The van der Waals surface area contributed by atoms with Crippen LogP contribution in [-0.2, 0) is 20.9 Å². The Morgan fingerprint density at radius 3 is 2.66 bits per heavy atom. The summed E-state index contributed by atoms with van der Waals surface area (Å²) in [5.74, 6) is -1.60. The third-order valence-electron chi connectivity index (χ3n) is 4.93. The Hall–Kier alpha value is -4.40. The number of nitrogens with zero attached hydrogens (tertiary/aromatic N) is 2. The molecule has 4 rings (SSSR count). The molecule has 32 heavy (non-hydrogen) atoms. The number of anilines is 1. The van der Waals surface area contributed by atoms with Gasteiger partial charge in [-0.2, -0.15) is 0 Å². The van der Waals surface area contributed by atoms with Gasteiger partial charge in [0.05, 0.1) is 12.3 Å². The van der Waals surface area contributed by atoms with Gasteiger partial charge in [-0.05, 0) is 31.2 Å². The van der Waals surface area contributed by atoms with Crippen LogP contribution in [-0.4, -0.2) is 34.9 Å². The standard InChI is InChI=1S/C23H20N4O5/c1-2-32-16-7-5-6-15(11-16)27-22(30)18(21(29)25-23(27)31)10-14-12-26(13-20(24)28)19-9-4-3-8-17(14)19/h3-12H,2,13H2,1H3,(H2,24,28)(H,25,29,31)/b18-10+. The number of hydrogen-bond acceptors (Lipinski definition) is 5. The van der Waals surface area contributed by atoms with E-state index in [9.17, 15) is 19.2 Å². The number of urea groups is 1. The molecule has 1 aromatic heterocycles. The molecular formula is C23H20N4O5. The molecule has 0 bridgehead atoms. The summed E-state index contributed by atoms with van der Waals surface area (Å²) in [6, 6.07) is 12.9. The Labute approximate surface area is 183 Å². The van der Waals surface area contributed by atoms with Crippen LogP contribution in [0.2, 0.25) is 0 Å². The first-order chi connectivity index (χ1) is 15.4. The first kappa shape index (κ1) is 20.9. The number of benzene rings is 2. The van der Waals surface area contributed by atoms with Crippen LogP contribution in [0, 0.1) is 0 Å². The fraction of sp³-hybridized carbons (Fsp3) is 0.130. The number of nitrogens with two attached hydrogens (primary N) is 1. The van der Waals surface area contributed by atoms with Crippen LogP contribution in [0.15, 0.2) is 60.3 Å². The molecule has 2 aromatic carbocycles. The number of imide groups is 2. The largest absolute Gasteiger partial charge is 0.494 e. The number of amides is 5. The minimum absolute atomic E-state index is 0.0569. The summed E-state index contributed by atoms with van der Waals surface area (Å²) in [5, 5.41) is 2.93. The molecule has 3 aromatic rings. The average Bonchev–Trinajstić information content (AvgIpc) is 3.08. The van der Waals surface area contributed by atoms with E-state index in [0.29, 0.717) is 17.9 Å². The first-order valence-electron chi connectivity index (χ1n) is 9.89. The van der Waals surface area contributed by atoms with E-state index in [1.165, 1.54) is 6.08 Å². The molecule has 0 spiro atoms. The Kier molecular flexibility index (Phi) is 5.46. The van der Waals surface area contributed by atoms with Gasteiger partial charge in [-0.1, -0.05) is 24.3 Å². The van der Waals surface area contributed by atoms with Gasteiger partial charge in [0.25, 0.3) is 11.8 Å². The molecule has 1 saturated heterocycles. The molecular weight excluding hydrogens is 412 g/mol. The number of aromatic nitrogens is 1. The lowest BCUT2D eigenvalue weighted by molar-refractivity contribution is -0.122. The van der Waals surface area contributed by atoms with Crippen LogP contribution < -0.4 is 20.7 Å². The van der Waals surface area contributed by atoms with Crippen molar-refractivity contribution in [3.8, 4) is 5.75 Å². The van der Waals surface area contributed by atoms with E-state index in [1.807, 2.05) is 6.92 Å². The van der Waals surface area contributed by atoms with Gasteiger partial charge >= 0.3 is 6.03 Å². The number of nitrogens with one attached hydrogen (secondary N) is 1. The van der Waals surface area contributed by atoms with Gasteiger partial charge in [0.15, 0.2) is 0 Å². The Morgan fingerprint density at radius 2 is 1.91 bits per heavy atom. The third-order valence-corrected chi connectivity index (χ3v) is 4.93. The van der Waals surface area contributed by atoms with E-state index in [-0.39, 0.29) is 17.8 Å². The Balaban J connectivity index is 1.77. The summed E-state index contributed by atoms with van der Waals surface area (Å²) in [6.07, 6.45) is 3.04. The minimum Gasteiger partial charge on any atom is -0.494 e. The smallest absolute Gasteiger partial charge is 0.335 e. The van der Waals surface area contributed by atoms with Gasteiger partial charge in [-0.25, -0.2) is 9.69 Å². The van der Waals surface area contributed by atoms with Crippen molar-refractivity contribution in [2.45, 2.75) is 13.5 Å². The van der Waals surface area contributed by atoms with Gasteiger partial charge < -0.3 is 15.0 Å². The predicted molar refractivity (Wildman–Crippen MR) is 118 cm³/mol. The molecule has 0 atom stereocenters. The number of fused-ring (bicyclic) bond motifs is 1. The monoisotopic (exact) mass is 432 g/mol. The van der Waals surface area contributed by atoms with Crippen LogP contribution in [0.4, 0.5) is 10.5 Å². The zero-order chi connectivity index (χ0) is 22.8. The van der Waals surface area contributed by atoms with E-state index >= 15 is 0 Å². The highest BCUT2D eigenvalue weighted by molar-refractivity contribution is 6.39. The van der Waals surface area contributed by atoms with Gasteiger partial charge in [0.1, 0.15) is 17.9 Å². The molecule has 0 unspecified atom stereocenters. The molecule has 1 aliphatic rings. The molecule has 162 valence electrons. The van der Waals surface area contributed by atoms with E-state index in [4.69, 9.17) is 10.5 Å². The summed E-state index contributed by atoms with van der Waals surface area (Å²) in [4.78, 5) is 50.5. The number of para-hydroxylation sites is 1. The van der Waals surface area contributed by atoms with Gasteiger partial charge in [0.2, 0.25) is 5.91 Å². The molecule has 1 fully saturated rings. The molecule has 5 amide bonds. The highest BCUT2D eigenvalue weighted by Crippen LogP contribution is 2.28. The Morgan fingerprint density at radius 1 is 1.12 bits per heavy atom. The zero-order valence-electron chi connectivity index (χ0n) is 17.2. The van der Waals surface area contributed by atoms with Crippen LogP contribution in [0.25, 0.3) is 17.0 Å².